The molecule has 1 fully saturated rings. The Bertz CT molecular complexity index is 500. The van der Waals surface area contributed by atoms with Gasteiger partial charge in [0.25, 0.3) is 5.56 Å². The van der Waals surface area contributed by atoms with Crippen LogP contribution in [-0.2, 0) is 4.79 Å². The fourth-order valence-electron chi connectivity index (χ4n) is 2.14. The second-order valence-electron chi connectivity index (χ2n) is 4.49. The number of nitrogens with zero attached hydrogens (tertiary/aromatic N) is 2. The van der Waals surface area contributed by atoms with E-state index in [1.807, 2.05) is 4.57 Å². The molecule has 0 bridgehead atoms. The standard InChI is InChI=1S/C12H16N2O3S/c1-2-3-8-6-9(8)14-5-4-10(15)13-12(14)18-7-11(16)17/h4-5,8-9H,2-3,6-7H2,1H3,(H,16,17). The van der Waals surface area contributed by atoms with Crippen LogP contribution in [0.15, 0.2) is 22.2 Å². The summed E-state index contributed by atoms with van der Waals surface area (Å²) in [6.07, 6.45) is 5.14. The van der Waals surface area contributed by atoms with Gasteiger partial charge in [0.2, 0.25) is 0 Å². The van der Waals surface area contributed by atoms with Crippen molar-refractivity contribution in [3.8, 4) is 0 Å². The third-order valence-electron chi connectivity index (χ3n) is 3.03. The van der Waals surface area contributed by atoms with Crippen LogP contribution in [0.5, 0.6) is 0 Å². The molecule has 98 valence electrons. The summed E-state index contributed by atoms with van der Waals surface area (Å²) in [5, 5.41) is 9.21. The summed E-state index contributed by atoms with van der Waals surface area (Å²) in [6.45, 7) is 2.15. The second kappa shape index (κ2) is 5.56. The number of hydrogen-bond donors (Lipinski definition) is 1. The van der Waals surface area contributed by atoms with Gasteiger partial charge < -0.3 is 9.67 Å². The summed E-state index contributed by atoms with van der Waals surface area (Å²) in [5.74, 6) is -0.323. The van der Waals surface area contributed by atoms with Gasteiger partial charge in [-0.05, 0) is 18.8 Å². The quantitative estimate of drug-likeness (QED) is 0.629. The first-order valence-corrected chi connectivity index (χ1v) is 7.04. The molecule has 1 aromatic heterocycles. The number of hydrogen-bond acceptors (Lipinski definition) is 4. The van der Waals surface area contributed by atoms with Gasteiger partial charge in [-0.1, -0.05) is 25.1 Å². The van der Waals surface area contributed by atoms with Crippen molar-refractivity contribution in [2.75, 3.05) is 5.75 Å². The summed E-state index contributed by atoms with van der Waals surface area (Å²) in [7, 11) is 0. The number of carboxylic acids is 1. The molecule has 6 heteroatoms. The van der Waals surface area contributed by atoms with Gasteiger partial charge in [-0.15, -0.1) is 0 Å². The zero-order valence-electron chi connectivity index (χ0n) is 10.2. The van der Waals surface area contributed by atoms with Crippen LogP contribution < -0.4 is 5.56 Å². The molecular formula is C12H16N2O3S. The van der Waals surface area contributed by atoms with E-state index in [-0.39, 0.29) is 11.3 Å². The molecule has 5 nitrogen and oxygen atoms in total. The van der Waals surface area contributed by atoms with Gasteiger partial charge in [-0.25, -0.2) is 0 Å². The summed E-state index contributed by atoms with van der Waals surface area (Å²) in [4.78, 5) is 25.7. The Balaban J connectivity index is 2.14. The lowest BCUT2D eigenvalue weighted by Gasteiger charge is -2.10. The Morgan fingerprint density at radius 3 is 3.11 bits per heavy atom. The minimum Gasteiger partial charge on any atom is -0.481 e. The molecular weight excluding hydrogens is 252 g/mol. The van der Waals surface area contributed by atoms with E-state index >= 15 is 0 Å². The van der Waals surface area contributed by atoms with Crippen molar-refractivity contribution in [2.45, 2.75) is 37.4 Å². The van der Waals surface area contributed by atoms with Crippen molar-refractivity contribution in [1.82, 2.24) is 9.55 Å². The highest BCUT2D eigenvalue weighted by Crippen LogP contribution is 2.47. The first-order chi connectivity index (χ1) is 8.61. The van der Waals surface area contributed by atoms with Crippen LogP contribution >= 0.6 is 11.8 Å². The molecule has 1 N–H and O–H groups in total. The topological polar surface area (TPSA) is 72.2 Å². The van der Waals surface area contributed by atoms with Gasteiger partial charge in [-0.3, -0.25) is 9.59 Å². The molecule has 2 rings (SSSR count). The number of carboxylic acid groups (broad SMARTS) is 1. The maximum absolute atomic E-state index is 11.3. The molecule has 1 heterocycles. The SMILES string of the molecule is CCCC1CC1n1ccc(=O)nc1SCC(=O)O. The fourth-order valence-corrected chi connectivity index (χ4v) is 2.89. The van der Waals surface area contributed by atoms with E-state index in [9.17, 15) is 9.59 Å². The predicted molar refractivity (Wildman–Crippen MR) is 68.9 cm³/mol. The molecule has 0 amide bonds. The smallest absolute Gasteiger partial charge is 0.313 e. The van der Waals surface area contributed by atoms with Crippen LogP contribution in [0.1, 0.15) is 32.2 Å². The van der Waals surface area contributed by atoms with Crippen molar-refractivity contribution >= 4 is 17.7 Å². The monoisotopic (exact) mass is 268 g/mol. The van der Waals surface area contributed by atoms with Crippen LogP contribution in [0.2, 0.25) is 0 Å². The molecule has 0 aliphatic heterocycles. The lowest BCUT2D eigenvalue weighted by atomic mass is 10.2. The zero-order valence-corrected chi connectivity index (χ0v) is 11.0. The van der Waals surface area contributed by atoms with Gasteiger partial charge in [0, 0.05) is 18.3 Å². The highest BCUT2D eigenvalue weighted by Gasteiger charge is 2.38. The number of aromatic nitrogens is 2. The lowest BCUT2D eigenvalue weighted by Crippen LogP contribution is -2.14. The first-order valence-electron chi connectivity index (χ1n) is 6.05. The molecule has 2 unspecified atom stereocenters. The molecule has 18 heavy (non-hydrogen) atoms. The molecule has 1 aliphatic rings. The molecule has 1 saturated carbocycles. The van der Waals surface area contributed by atoms with Gasteiger partial charge in [0.15, 0.2) is 5.16 Å². The van der Waals surface area contributed by atoms with E-state index in [1.54, 1.807) is 6.20 Å². The minimum absolute atomic E-state index is 0.0678. The first kappa shape index (κ1) is 13.1. The molecule has 2 atom stereocenters. The van der Waals surface area contributed by atoms with Crippen molar-refractivity contribution in [1.29, 1.82) is 0 Å². The number of rotatable bonds is 6. The van der Waals surface area contributed by atoms with Gasteiger partial charge in [0.1, 0.15) is 0 Å². The van der Waals surface area contributed by atoms with Gasteiger partial charge >= 0.3 is 5.97 Å². The van der Waals surface area contributed by atoms with Gasteiger partial charge in [-0.2, -0.15) is 4.98 Å². The van der Waals surface area contributed by atoms with Crippen LogP contribution in [0.3, 0.4) is 0 Å². The molecule has 0 aromatic carbocycles. The van der Waals surface area contributed by atoms with Crippen molar-refractivity contribution in [3.05, 3.63) is 22.6 Å². The van der Waals surface area contributed by atoms with E-state index in [0.29, 0.717) is 17.1 Å². The maximum atomic E-state index is 11.3. The van der Waals surface area contributed by atoms with Crippen LogP contribution in [-0.4, -0.2) is 26.4 Å². The number of aliphatic carboxylic acids is 1. The van der Waals surface area contributed by atoms with Crippen molar-refractivity contribution in [3.63, 3.8) is 0 Å². The average molecular weight is 268 g/mol. The van der Waals surface area contributed by atoms with Crippen LogP contribution in [0.25, 0.3) is 0 Å². The van der Waals surface area contributed by atoms with Crippen LogP contribution in [0.4, 0.5) is 0 Å². The highest BCUT2D eigenvalue weighted by molar-refractivity contribution is 7.99. The summed E-state index contributed by atoms with van der Waals surface area (Å²) in [5.41, 5.74) is -0.313. The Morgan fingerprint density at radius 1 is 1.67 bits per heavy atom. The molecule has 0 radical (unpaired) electrons. The molecule has 1 aromatic rings. The van der Waals surface area contributed by atoms with E-state index in [0.717, 1.165) is 24.6 Å². The second-order valence-corrected chi connectivity index (χ2v) is 5.43. The Hall–Kier alpha value is -1.30. The van der Waals surface area contributed by atoms with E-state index in [4.69, 9.17) is 5.11 Å². The summed E-state index contributed by atoms with van der Waals surface area (Å²) < 4.78 is 1.95. The zero-order chi connectivity index (χ0) is 13.1. The van der Waals surface area contributed by atoms with Gasteiger partial charge in [0.05, 0.1) is 5.75 Å². The van der Waals surface area contributed by atoms with E-state index < -0.39 is 5.97 Å². The normalized spacial score (nSPS) is 21.8. The molecule has 0 saturated heterocycles. The Morgan fingerprint density at radius 2 is 2.44 bits per heavy atom. The molecule has 0 spiro atoms. The third kappa shape index (κ3) is 3.13. The summed E-state index contributed by atoms with van der Waals surface area (Å²) >= 11 is 1.11. The third-order valence-corrected chi connectivity index (χ3v) is 3.98. The maximum Gasteiger partial charge on any atom is 0.313 e. The van der Waals surface area contributed by atoms with Crippen molar-refractivity contribution < 1.29 is 9.90 Å². The van der Waals surface area contributed by atoms with E-state index in [2.05, 4.69) is 11.9 Å². The Labute approximate surface area is 109 Å². The van der Waals surface area contributed by atoms with E-state index in [1.165, 1.54) is 12.5 Å². The highest BCUT2D eigenvalue weighted by atomic mass is 32.2. The van der Waals surface area contributed by atoms with Crippen LogP contribution in [0, 0.1) is 5.92 Å². The summed E-state index contributed by atoms with van der Waals surface area (Å²) in [6, 6.07) is 1.82. The number of thioether (sulfide) groups is 1. The average Bonchev–Trinajstić information content (AvgIpc) is 3.06. The minimum atomic E-state index is -0.898. The Kier molecular flexibility index (Phi) is 4.06. The molecule has 1 aliphatic carbocycles. The number of carbonyl (C=O) groups is 1. The predicted octanol–water partition coefficient (Wildman–Crippen LogP) is 1.78. The van der Waals surface area contributed by atoms with Crippen molar-refractivity contribution in [2.24, 2.45) is 5.92 Å². The lowest BCUT2D eigenvalue weighted by molar-refractivity contribution is -0.133. The fraction of sp³-hybridized carbons (Fsp3) is 0.583. The largest absolute Gasteiger partial charge is 0.481 e.